The molecule has 1 atom stereocenters. The Morgan fingerprint density at radius 1 is 1.42 bits per heavy atom. The van der Waals surface area contributed by atoms with Gasteiger partial charge in [0, 0.05) is 12.1 Å². The number of anilines is 1. The fourth-order valence-corrected chi connectivity index (χ4v) is 2.11. The van der Waals surface area contributed by atoms with Gasteiger partial charge in [0.15, 0.2) is 0 Å². The Kier molecular flexibility index (Phi) is 5.08. The molecule has 0 aliphatic heterocycles. The lowest BCUT2D eigenvalue weighted by molar-refractivity contribution is -0.117. The van der Waals surface area contributed by atoms with Gasteiger partial charge in [0.25, 0.3) is 0 Å². The third-order valence-corrected chi connectivity index (χ3v) is 3.95. The van der Waals surface area contributed by atoms with Crippen molar-refractivity contribution in [1.82, 2.24) is 0 Å². The van der Waals surface area contributed by atoms with Crippen LogP contribution in [0.5, 0.6) is 0 Å². The molecule has 0 saturated heterocycles. The van der Waals surface area contributed by atoms with Gasteiger partial charge < -0.3 is 5.32 Å². The van der Waals surface area contributed by atoms with E-state index in [1.807, 2.05) is 13.8 Å². The minimum Gasteiger partial charge on any atom is -0.326 e. The summed E-state index contributed by atoms with van der Waals surface area (Å²) in [6, 6.07) is 4.44. The first-order chi connectivity index (χ1) is 8.74. The molecule has 0 radical (unpaired) electrons. The van der Waals surface area contributed by atoms with Gasteiger partial charge in [-0.2, -0.15) is 0 Å². The van der Waals surface area contributed by atoms with Gasteiger partial charge >= 0.3 is 0 Å². The monoisotopic (exact) mass is 284 g/mol. The molecule has 6 heteroatoms. The van der Waals surface area contributed by atoms with Crippen molar-refractivity contribution in [2.75, 3.05) is 5.32 Å². The molecule has 1 aromatic rings. The van der Waals surface area contributed by atoms with Gasteiger partial charge in [-0.3, -0.25) is 4.79 Å². The van der Waals surface area contributed by atoms with Crippen LogP contribution in [0.4, 0.5) is 5.69 Å². The molecule has 5 nitrogen and oxygen atoms in total. The standard InChI is InChI=1S/C13H20N2O3S/c1-4-9(2)7-13(16)15-12-8-11(19(14,17)18)6-5-10(12)3/h5-6,8-9H,4,7H2,1-3H3,(H,15,16)(H2,14,17,18). The predicted octanol–water partition coefficient (Wildman–Crippen LogP) is 2.02. The maximum Gasteiger partial charge on any atom is 0.238 e. The molecule has 1 aromatic carbocycles. The summed E-state index contributed by atoms with van der Waals surface area (Å²) in [5.74, 6) is 0.172. The maximum atomic E-state index is 11.8. The minimum atomic E-state index is -3.76. The summed E-state index contributed by atoms with van der Waals surface area (Å²) < 4.78 is 22.5. The molecule has 1 rings (SSSR count). The molecular formula is C13H20N2O3S. The van der Waals surface area contributed by atoms with Crippen molar-refractivity contribution in [3.63, 3.8) is 0 Å². The van der Waals surface area contributed by atoms with Crippen molar-refractivity contribution < 1.29 is 13.2 Å². The summed E-state index contributed by atoms with van der Waals surface area (Å²) in [6.45, 7) is 5.81. The van der Waals surface area contributed by atoms with Crippen LogP contribution in [0.3, 0.4) is 0 Å². The Hall–Kier alpha value is -1.40. The molecule has 0 aliphatic carbocycles. The van der Waals surface area contributed by atoms with Crippen molar-refractivity contribution in [3.8, 4) is 0 Å². The van der Waals surface area contributed by atoms with Gasteiger partial charge in [0.1, 0.15) is 0 Å². The van der Waals surface area contributed by atoms with Crippen molar-refractivity contribution >= 4 is 21.6 Å². The highest BCUT2D eigenvalue weighted by atomic mass is 32.2. The largest absolute Gasteiger partial charge is 0.326 e. The van der Waals surface area contributed by atoms with Crippen molar-refractivity contribution in [2.45, 2.75) is 38.5 Å². The summed E-state index contributed by atoms with van der Waals surface area (Å²) >= 11 is 0. The number of rotatable bonds is 5. The number of nitrogens with one attached hydrogen (secondary N) is 1. The Balaban J connectivity index is 2.92. The van der Waals surface area contributed by atoms with Crippen LogP contribution in [-0.4, -0.2) is 14.3 Å². The first-order valence-corrected chi connectivity index (χ1v) is 7.72. The van der Waals surface area contributed by atoms with Gasteiger partial charge in [-0.25, -0.2) is 13.6 Å². The average Bonchev–Trinajstić information content (AvgIpc) is 2.30. The van der Waals surface area contributed by atoms with Crippen molar-refractivity contribution in [3.05, 3.63) is 23.8 Å². The van der Waals surface area contributed by atoms with Gasteiger partial charge in [-0.15, -0.1) is 0 Å². The van der Waals surface area contributed by atoms with E-state index in [0.717, 1.165) is 12.0 Å². The number of carbonyl (C=O) groups is 1. The molecule has 3 N–H and O–H groups in total. The summed E-state index contributed by atoms with van der Waals surface area (Å²) in [5, 5.41) is 7.80. The van der Waals surface area contributed by atoms with Crippen LogP contribution in [-0.2, 0) is 14.8 Å². The van der Waals surface area contributed by atoms with E-state index in [9.17, 15) is 13.2 Å². The van der Waals surface area contributed by atoms with Crippen LogP contribution in [0.25, 0.3) is 0 Å². The Labute approximate surface area is 114 Å². The van der Waals surface area contributed by atoms with Crippen LogP contribution in [0.1, 0.15) is 32.3 Å². The van der Waals surface area contributed by atoms with E-state index in [1.54, 1.807) is 13.0 Å². The Bertz CT molecular complexity index is 567. The number of hydrogen-bond donors (Lipinski definition) is 2. The first kappa shape index (κ1) is 15.7. The fourth-order valence-electron chi connectivity index (χ4n) is 1.57. The van der Waals surface area contributed by atoms with Gasteiger partial charge in [0.2, 0.25) is 15.9 Å². The molecule has 0 aromatic heterocycles. The highest BCUT2D eigenvalue weighted by Gasteiger charge is 2.13. The van der Waals surface area contributed by atoms with Gasteiger partial charge in [-0.1, -0.05) is 26.3 Å². The molecule has 0 aliphatic rings. The first-order valence-electron chi connectivity index (χ1n) is 6.17. The van der Waals surface area contributed by atoms with E-state index in [2.05, 4.69) is 5.32 Å². The number of benzene rings is 1. The highest BCUT2D eigenvalue weighted by Crippen LogP contribution is 2.20. The fraction of sp³-hybridized carbons (Fsp3) is 0.462. The number of nitrogens with two attached hydrogens (primary N) is 1. The van der Waals surface area contributed by atoms with E-state index in [4.69, 9.17) is 5.14 Å². The van der Waals surface area contributed by atoms with Gasteiger partial charge in [-0.05, 0) is 30.5 Å². The molecule has 19 heavy (non-hydrogen) atoms. The van der Waals surface area contributed by atoms with Crippen molar-refractivity contribution in [1.29, 1.82) is 0 Å². The van der Waals surface area contributed by atoms with E-state index >= 15 is 0 Å². The Morgan fingerprint density at radius 2 is 2.05 bits per heavy atom. The number of aryl methyl sites for hydroxylation is 1. The highest BCUT2D eigenvalue weighted by molar-refractivity contribution is 7.89. The lowest BCUT2D eigenvalue weighted by Crippen LogP contribution is -2.17. The number of primary sulfonamides is 1. The molecule has 0 bridgehead atoms. The quantitative estimate of drug-likeness (QED) is 0.866. The third-order valence-electron chi connectivity index (χ3n) is 3.04. The molecule has 0 fully saturated rings. The third kappa shape index (κ3) is 4.65. The molecular weight excluding hydrogens is 264 g/mol. The molecule has 0 spiro atoms. The Morgan fingerprint density at radius 3 is 2.58 bits per heavy atom. The smallest absolute Gasteiger partial charge is 0.238 e. The second-order valence-corrected chi connectivity index (χ2v) is 6.35. The summed E-state index contributed by atoms with van der Waals surface area (Å²) in [7, 11) is -3.76. The molecule has 0 saturated carbocycles. The van der Waals surface area contributed by atoms with Crippen LogP contribution < -0.4 is 10.5 Å². The molecule has 0 heterocycles. The van der Waals surface area contributed by atoms with Crippen LogP contribution in [0.15, 0.2) is 23.1 Å². The van der Waals surface area contributed by atoms with E-state index in [0.29, 0.717) is 18.0 Å². The average molecular weight is 284 g/mol. The predicted molar refractivity (Wildman–Crippen MR) is 75.3 cm³/mol. The van der Waals surface area contributed by atoms with Crippen LogP contribution in [0.2, 0.25) is 0 Å². The van der Waals surface area contributed by atoms with E-state index < -0.39 is 10.0 Å². The second-order valence-electron chi connectivity index (χ2n) is 4.79. The van der Waals surface area contributed by atoms with E-state index in [1.165, 1.54) is 12.1 Å². The number of hydrogen-bond acceptors (Lipinski definition) is 3. The summed E-state index contributed by atoms with van der Waals surface area (Å²) in [6.07, 6.45) is 1.33. The molecule has 106 valence electrons. The van der Waals surface area contributed by atoms with Gasteiger partial charge in [0.05, 0.1) is 4.90 Å². The lowest BCUT2D eigenvalue weighted by Gasteiger charge is -2.12. The second kappa shape index (κ2) is 6.16. The van der Waals surface area contributed by atoms with Crippen LogP contribution >= 0.6 is 0 Å². The SMILES string of the molecule is CCC(C)CC(=O)Nc1cc(S(N)(=O)=O)ccc1C. The minimum absolute atomic E-state index is 0.00283. The number of carbonyl (C=O) groups excluding carboxylic acids is 1. The topological polar surface area (TPSA) is 89.3 Å². The zero-order valence-corrected chi connectivity index (χ0v) is 12.3. The number of sulfonamides is 1. The van der Waals surface area contributed by atoms with E-state index in [-0.39, 0.29) is 10.8 Å². The molecule has 1 unspecified atom stereocenters. The molecule has 1 amide bonds. The summed E-state index contributed by atoms with van der Waals surface area (Å²) in [5.41, 5.74) is 1.28. The zero-order chi connectivity index (χ0) is 14.6. The maximum absolute atomic E-state index is 11.8. The summed E-state index contributed by atoms with van der Waals surface area (Å²) in [4.78, 5) is 11.8. The van der Waals surface area contributed by atoms with Crippen LogP contribution in [0, 0.1) is 12.8 Å². The lowest BCUT2D eigenvalue weighted by atomic mass is 10.0. The normalized spacial score (nSPS) is 13.1. The van der Waals surface area contributed by atoms with Crippen molar-refractivity contribution in [2.24, 2.45) is 11.1 Å². The number of amides is 1. The zero-order valence-electron chi connectivity index (χ0n) is 11.4.